The van der Waals surface area contributed by atoms with E-state index in [2.05, 4.69) is 4.72 Å². The van der Waals surface area contributed by atoms with Crippen LogP contribution in [0.15, 0.2) is 77.7 Å². The first-order valence-corrected chi connectivity index (χ1v) is 11.0. The third-order valence-electron chi connectivity index (χ3n) is 4.44. The van der Waals surface area contributed by atoms with Crippen LogP contribution in [0, 0.1) is 0 Å². The zero-order valence-electron chi connectivity index (χ0n) is 16.5. The molecule has 30 heavy (non-hydrogen) atoms. The second-order valence-corrected chi connectivity index (χ2v) is 8.38. The third-order valence-corrected chi connectivity index (χ3v) is 5.83. The molecule has 0 amide bonds. The van der Waals surface area contributed by atoms with Crippen LogP contribution in [0.2, 0.25) is 0 Å². The number of aromatic carboxylic acids is 1. The molecule has 0 radical (unpaired) electrons. The highest BCUT2D eigenvalue weighted by Gasteiger charge is 2.22. The minimum absolute atomic E-state index is 0.00260. The lowest BCUT2D eigenvalue weighted by Gasteiger charge is -2.17. The highest BCUT2D eigenvalue weighted by molar-refractivity contribution is 7.92. The summed E-state index contributed by atoms with van der Waals surface area (Å²) in [6.07, 6.45) is 0.786. The fourth-order valence-corrected chi connectivity index (χ4v) is 4.16. The summed E-state index contributed by atoms with van der Waals surface area (Å²) in [4.78, 5) is 12.1. The van der Waals surface area contributed by atoms with Crippen LogP contribution in [0.4, 0.5) is 5.69 Å². The van der Waals surface area contributed by atoms with E-state index in [1.165, 1.54) is 12.1 Å². The normalized spacial score (nSPS) is 11.2. The minimum atomic E-state index is -3.96. The molecular formula is C23H23NO5S. The largest absolute Gasteiger partial charge is 0.478 e. The Balaban J connectivity index is 2.13. The molecular weight excluding hydrogens is 402 g/mol. The van der Waals surface area contributed by atoms with Gasteiger partial charge in [-0.1, -0.05) is 55.5 Å². The van der Waals surface area contributed by atoms with Crippen molar-refractivity contribution in [2.45, 2.75) is 24.8 Å². The monoisotopic (exact) mass is 425 g/mol. The maximum absolute atomic E-state index is 12.9. The van der Waals surface area contributed by atoms with Crippen molar-refractivity contribution in [2.24, 2.45) is 0 Å². The zero-order valence-corrected chi connectivity index (χ0v) is 17.4. The van der Waals surface area contributed by atoms with Crippen LogP contribution >= 0.6 is 0 Å². The van der Waals surface area contributed by atoms with E-state index < -0.39 is 16.0 Å². The molecule has 0 aliphatic rings. The Hall–Kier alpha value is -3.16. The SMILES string of the molecule is CCCOCc1cc(-c2ccccc2)cc(NS(=O)(=O)c2ccccc2)c1C(=O)O. The van der Waals surface area contributed by atoms with E-state index in [-0.39, 0.29) is 22.8 Å². The van der Waals surface area contributed by atoms with Gasteiger partial charge < -0.3 is 9.84 Å². The molecule has 0 aromatic heterocycles. The van der Waals surface area contributed by atoms with E-state index in [1.54, 1.807) is 30.3 Å². The van der Waals surface area contributed by atoms with Crippen LogP contribution in [0.5, 0.6) is 0 Å². The Morgan fingerprint density at radius 3 is 2.20 bits per heavy atom. The summed E-state index contributed by atoms with van der Waals surface area (Å²) in [5.41, 5.74) is 1.82. The fraction of sp³-hybridized carbons (Fsp3) is 0.174. The van der Waals surface area contributed by atoms with E-state index in [4.69, 9.17) is 4.74 Å². The molecule has 0 spiro atoms. The first kappa shape index (κ1) is 21.5. The second-order valence-electron chi connectivity index (χ2n) is 6.70. The first-order valence-electron chi connectivity index (χ1n) is 9.53. The number of rotatable bonds is 9. The molecule has 7 heteroatoms. The van der Waals surface area contributed by atoms with E-state index in [0.29, 0.717) is 17.7 Å². The molecule has 0 aliphatic carbocycles. The van der Waals surface area contributed by atoms with Gasteiger partial charge in [-0.3, -0.25) is 4.72 Å². The second kappa shape index (κ2) is 9.56. The van der Waals surface area contributed by atoms with Gasteiger partial charge in [0.25, 0.3) is 10.0 Å². The number of hydrogen-bond acceptors (Lipinski definition) is 4. The number of carbonyl (C=O) groups is 1. The number of nitrogens with one attached hydrogen (secondary N) is 1. The topological polar surface area (TPSA) is 92.7 Å². The quantitative estimate of drug-likeness (QED) is 0.481. The smallest absolute Gasteiger partial charge is 0.338 e. The van der Waals surface area contributed by atoms with Crippen LogP contribution in [-0.4, -0.2) is 26.1 Å². The predicted molar refractivity (Wildman–Crippen MR) is 116 cm³/mol. The van der Waals surface area contributed by atoms with Crippen molar-refractivity contribution in [2.75, 3.05) is 11.3 Å². The average Bonchev–Trinajstić information content (AvgIpc) is 2.74. The molecule has 0 fully saturated rings. The van der Waals surface area contributed by atoms with Gasteiger partial charge >= 0.3 is 5.97 Å². The lowest BCUT2D eigenvalue weighted by Crippen LogP contribution is -2.17. The summed E-state index contributed by atoms with van der Waals surface area (Å²) in [5, 5.41) is 9.84. The Morgan fingerprint density at radius 1 is 0.967 bits per heavy atom. The summed E-state index contributed by atoms with van der Waals surface area (Å²) < 4.78 is 33.8. The predicted octanol–water partition coefficient (Wildman–Crippen LogP) is 4.78. The number of sulfonamides is 1. The lowest BCUT2D eigenvalue weighted by atomic mass is 9.97. The van der Waals surface area contributed by atoms with Gasteiger partial charge in [-0.05, 0) is 47.4 Å². The summed E-state index contributed by atoms with van der Waals surface area (Å²) in [6.45, 7) is 2.49. The third kappa shape index (κ3) is 5.06. The molecule has 0 heterocycles. The maximum Gasteiger partial charge on any atom is 0.338 e. The molecule has 3 aromatic rings. The van der Waals surface area contributed by atoms with Gasteiger partial charge in [0.2, 0.25) is 0 Å². The molecule has 0 bridgehead atoms. The van der Waals surface area contributed by atoms with Gasteiger partial charge in [-0.2, -0.15) is 0 Å². The van der Waals surface area contributed by atoms with Crippen molar-refractivity contribution in [3.05, 3.63) is 83.9 Å². The van der Waals surface area contributed by atoms with Crippen molar-refractivity contribution in [1.82, 2.24) is 0 Å². The Kier molecular flexibility index (Phi) is 6.87. The minimum Gasteiger partial charge on any atom is -0.478 e. The molecule has 0 saturated heterocycles. The van der Waals surface area contributed by atoms with Crippen LogP contribution < -0.4 is 4.72 Å². The summed E-state index contributed by atoms with van der Waals surface area (Å²) in [6, 6.07) is 20.5. The van der Waals surface area contributed by atoms with Crippen LogP contribution in [-0.2, 0) is 21.4 Å². The van der Waals surface area contributed by atoms with E-state index in [1.807, 2.05) is 37.3 Å². The van der Waals surface area contributed by atoms with Crippen molar-refractivity contribution in [3.8, 4) is 11.1 Å². The fourth-order valence-electron chi connectivity index (χ4n) is 3.08. The van der Waals surface area contributed by atoms with E-state index in [0.717, 1.165) is 12.0 Å². The van der Waals surface area contributed by atoms with Gasteiger partial charge in [0.1, 0.15) is 0 Å². The van der Waals surface area contributed by atoms with Gasteiger partial charge in [0.15, 0.2) is 0 Å². The van der Waals surface area contributed by atoms with E-state index in [9.17, 15) is 18.3 Å². The van der Waals surface area contributed by atoms with Gasteiger partial charge in [0.05, 0.1) is 22.8 Å². The van der Waals surface area contributed by atoms with Crippen molar-refractivity contribution >= 4 is 21.7 Å². The summed E-state index contributed by atoms with van der Waals surface area (Å²) in [7, 11) is -3.96. The summed E-state index contributed by atoms with van der Waals surface area (Å²) >= 11 is 0. The molecule has 0 unspecified atom stereocenters. The van der Waals surface area contributed by atoms with Crippen molar-refractivity contribution < 1.29 is 23.1 Å². The number of carboxylic acid groups (broad SMARTS) is 1. The van der Waals surface area contributed by atoms with Gasteiger partial charge in [-0.25, -0.2) is 13.2 Å². The van der Waals surface area contributed by atoms with Crippen molar-refractivity contribution in [1.29, 1.82) is 0 Å². The Labute approximate surface area is 176 Å². The lowest BCUT2D eigenvalue weighted by molar-refractivity contribution is 0.0688. The number of anilines is 1. The molecule has 0 saturated carbocycles. The molecule has 3 rings (SSSR count). The number of benzene rings is 3. The molecule has 2 N–H and O–H groups in total. The molecule has 0 atom stereocenters. The zero-order chi connectivity index (χ0) is 21.6. The standard InChI is InChI=1S/C23H23NO5S/c1-2-13-29-16-19-14-18(17-9-5-3-6-10-17)15-21(22(19)23(25)26)24-30(27,28)20-11-7-4-8-12-20/h3-12,14-15,24H,2,13,16H2,1H3,(H,25,26). The Morgan fingerprint density at radius 2 is 1.60 bits per heavy atom. The Bertz CT molecular complexity index is 1110. The molecule has 156 valence electrons. The molecule has 3 aromatic carbocycles. The van der Waals surface area contributed by atoms with Crippen LogP contribution in [0.1, 0.15) is 29.3 Å². The van der Waals surface area contributed by atoms with Crippen LogP contribution in [0.25, 0.3) is 11.1 Å². The number of hydrogen-bond donors (Lipinski definition) is 2. The van der Waals surface area contributed by atoms with E-state index >= 15 is 0 Å². The molecule has 6 nitrogen and oxygen atoms in total. The average molecular weight is 426 g/mol. The highest BCUT2D eigenvalue weighted by atomic mass is 32.2. The molecule has 0 aliphatic heterocycles. The van der Waals surface area contributed by atoms with Gasteiger partial charge in [0, 0.05) is 6.61 Å². The van der Waals surface area contributed by atoms with Crippen LogP contribution in [0.3, 0.4) is 0 Å². The highest BCUT2D eigenvalue weighted by Crippen LogP contribution is 2.31. The number of ether oxygens (including phenoxy) is 1. The maximum atomic E-state index is 12.9. The van der Waals surface area contributed by atoms with Crippen molar-refractivity contribution in [3.63, 3.8) is 0 Å². The number of carboxylic acids is 1. The first-order chi connectivity index (χ1) is 14.4. The van der Waals surface area contributed by atoms with Gasteiger partial charge in [-0.15, -0.1) is 0 Å². The summed E-state index contributed by atoms with van der Waals surface area (Å²) in [5.74, 6) is -1.23.